The van der Waals surface area contributed by atoms with Crippen LogP contribution in [0.15, 0.2) is 78.0 Å². The van der Waals surface area contributed by atoms with E-state index in [0.29, 0.717) is 23.2 Å². The first-order chi connectivity index (χ1) is 16.1. The summed E-state index contributed by atoms with van der Waals surface area (Å²) in [5, 5.41) is 9.32. The average molecular weight is 464 g/mol. The molecule has 0 aliphatic rings. The van der Waals surface area contributed by atoms with Gasteiger partial charge in [0.25, 0.3) is 0 Å². The van der Waals surface area contributed by atoms with Crippen LogP contribution in [0.2, 0.25) is 0 Å². The van der Waals surface area contributed by atoms with Crippen LogP contribution in [0.3, 0.4) is 0 Å². The molecule has 4 rings (SSSR count). The number of methoxy groups -OCH3 is 1. The Balaban J connectivity index is 1.66. The summed E-state index contributed by atoms with van der Waals surface area (Å²) in [6.45, 7) is 2.51. The van der Waals surface area contributed by atoms with Gasteiger partial charge in [0, 0.05) is 16.8 Å². The zero-order chi connectivity index (χ0) is 23.2. The second kappa shape index (κ2) is 10.3. The van der Waals surface area contributed by atoms with E-state index in [1.807, 2.05) is 60.0 Å². The van der Waals surface area contributed by atoms with E-state index in [-0.39, 0.29) is 17.4 Å². The number of aromatic nitrogens is 3. The van der Waals surface area contributed by atoms with E-state index in [2.05, 4.69) is 10.2 Å². The molecule has 0 atom stereocenters. The monoisotopic (exact) mass is 463 g/mol. The molecule has 0 saturated heterocycles. The lowest BCUT2D eigenvalue weighted by Crippen LogP contribution is -2.05. The Morgan fingerprint density at radius 3 is 2.24 bits per heavy atom. The number of thioether (sulfide) groups is 1. The van der Waals surface area contributed by atoms with Gasteiger partial charge in [-0.15, -0.1) is 10.2 Å². The Morgan fingerprint density at radius 2 is 1.61 bits per heavy atom. The molecular weight excluding hydrogens is 441 g/mol. The van der Waals surface area contributed by atoms with E-state index in [1.165, 1.54) is 36.0 Å². The van der Waals surface area contributed by atoms with Gasteiger partial charge in [-0.1, -0.05) is 11.8 Å². The third kappa shape index (κ3) is 5.23. The highest BCUT2D eigenvalue weighted by Crippen LogP contribution is 2.30. The third-order valence-corrected chi connectivity index (χ3v) is 5.82. The molecule has 0 unspecified atom stereocenters. The SMILES string of the molecule is CCOc1ccc(-n2c(SCC(=O)c3ccc(F)cc3)nnc2-c2ccc(OC)cc2)cc1. The molecule has 8 heteroatoms. The summed E-state index contributed by atoms with van der Waals surface area (Å²) >= 11 is 1.28. The zero-order valence-corrected chi connectivity index (χ0v) is 19.0. The molecule has 168 valence electrons. The van der Waals surface area contributed by atoms with Crippen LogP contribution in [0.4, 0.5) is 4.39 Å². The first-order valence-corrected chi connectivity index (χ1v) is 11.3. The minimum absolute atomic E-state index is 0.118. The van der Waals surface area contributed by atoms with Crippen molar-refractivity contribution >= 4 is 17.5 Å². The summed E-state index contributed by atoms with van der Waals surface area (Å²) < 4.78 is 25.9. The van der Waals surface area contributed by atoms with Gasteiger partial charge in [-0.3, -0.25) is 9.36 Å². The van der Waals surface area contributed by atoms with Gasteiger partial charge in [0.2, 0.25) is 0 Å². The Hall–Kier alpha value is -3.65. The number of ether oxygens (including phenoxy) is 2. The molecule has 4 aromatic rings. The van der Waals surface area contributed by atoms with Gasteiger partial charge in [0.05, 0.1) is 19.5 Å². The van der Waals surface area contributed by atoms with Crippen molar-refractivity contribution in [1.82, 2.24) is 14.8 Å². The molecular formula is C25H22FN3O3S. The lowest BCUT2D eigenvalue weighted by atomic mass is 10.1. The number of hydrogen-bond donors (Lipinski definition) is 0. The van der Waals surface area contributed by atoms with E-state index in [4.69, 9.17) is 9.47 Å². The molecule has 0 spiro atoms. The standard InChI is InChI=1S/C25H22FN3O3S/c1-3-32-22-14-10-20(11-15-22)29-24(18-6-12-21(31-2)13-7-18)27-28-25(29)33-16-23(30)17-4-8-19(26)9-5-17/h4-15H,3,16H2,1-2H3. The molecule has 0 aliphatic heterocycles. The lowest BCUT2D eigenvalue weighted by molar-refractivity contribution is 0.102. The number of benzene rings is 3. The van der Waals surface area contributed by atoms with E-state index in [9.17, 15) is 9.18 Å². The summed E-state index contributed by atoms with van der Waals surface area (Å²) in [6, 6.07) is 20.7. The molecule has 33 heavy (non-hydrogen) atoms. The van der Waals surface area contributed by atoms with E-state index in [1.54, 1.807) is 7.11 Å². The molecule has 6 nitrogen and oxygen atoms in total. The van der Waals surface area contributed by atoms with E-state index < -0.39 is 0 Å². The smallest absolute Gasteiger partial charge is 0.196 e. The Kier molecular flexibility index (Phi) is 7.04. The number of Topliss-reactive ketones (excluding diaryl/α,β-unsaturated/α-hetero) is 1. The maximum Gasteiger partial charge on any atom is 0.196 e. The molecule has 0 radical (unpaired) electrons. The quantitative estimate of drug-likeness (QED) is 0.243. The van der Waals surface area contributed by atoms with Crippen LogP contribution in [0, 0.1) is 5.82 Å². The van der Waals surface area contributed by atoms with Crippen molar-refractivity contribution in [3.05, 3.63) is 84.2 Å². The van der Waals surface area contributed by atoms with Crippen LogP contribution in [-0.4, -0.2) is 40.0 Å². The van der Waals surface area contributed by atoms with Gasteiger partial charge in [0.1, 0.15) is 17.3 Å². The molecule has 0 fully saturated rings. The number of ketones is 1. The van der Waals surface area contributed by atoms with E-state index in [0.717, 1.165) is 22.7 Å². The fourth-order valence-corrected chi connectivity index (χ4v) is 4.08. The highest BCUT2D eigenvalue weighted by atomic mass is 32.2. The first kappa shape index (κ1) is 22.5. The number of hydrogen-bond acceptors (Lipinski definition) is 6. The van der Waals surface area contributed by atoms with Gasteiger partial charge < -0.3 is 9.47 Å². The van der Waals surface area contributed by atoms with Crippen LogP contribution in [0.1, 0.15) is 17.3 Å². The molecule has 0 aliphatic carbocycles. The number of carbonyl (C=O) groups excluding carboxylic acids is 1. The summed E-state index contributed by atoms with van der Waals surface area (Å²) in [6.07, 6.45) is 0. The average Bonchev–Trinajstić information content (AvgIpc) is 3.27. The van der Waals surface area contributed by atoms with Gasteiger partial charge in [-0.05, 0) is 79.7 Å². The topological polar surface area (TPSA) is 66.2 Å². The normalized spacial score (nSPS) is 10.8. The number of rotatable bonds is 9. The molecule has 0 bridgehead atoms. The summed E-state index contributed by atoms with van der Waals surface area (Å²) in [7, 11) is 1.62. The summed E-state index contributed by atoms with van der Waals surface area (Å²) in [5.41, 5.74) is 2.14. The summed E-state index contributed by atoms with van der Waals surface area (Å²) in [4.78, 5) is 12.6. The van der Waals surface area contributed by atoms with Crippen LogP contribution >= 0.6 is 11.8 Å². The van der Waals surface area contributed by atoms with E-state index >= 15 is 0 Å². The Morgan fingerprint density at radius 1 is 0.939 bits per heavy atom. The number of halogens is 1. The van der Waals surface area contributed by atoms with Gasteiger partial charge in [0.15, 0.2) is 16.8 Å². The number of carbonyl (C=O) groups is 1. The van der Waals surface area contributed by atoms with Crippen LogP contribution in [0.25, 0.3) is 17.1 Å². The van der Waals surface area contributed by atoms with Gasteiger partial charge in [-0.25, -0.2) is 4.39 Å². The Bertz CT molecular complexity index is 1220. The van der Waals surface area contributed by atoms with Crippen molar-refractivity contribution in [2.24, 2.45) is 0 Å². The largest absolute Gasteiger partial charge is 0.497 e. The predicted octanol–water partition coefficient (Wildman–Crippen LogP) is 5.46. The highest BCUT2D eigenvalue weighted by molar-refractivity contribution is 7.99. The minimum Gasteiger partial charge on any atom is -0.497 e. The predicted molar refractivity (Wildman–Crippen MR) is 126 cm³/mol. The zero-order valence-electron chi connectivity index (χ0n) is 18.2. The maximum absolute atomic E-state index is 13.2. The second-order valence-corrected chi connectivity index (χ2v) is 7.96. The highest BCUT2D eigenvalue weighted by Gasteiger charge is 2.18. The second-order valence-electron chi connectivity index (χ2n) is 7.02. The molecule has 0 N–H and O–H groups in total. The van der Waals surface area contributed by atoms with Crippen molar-refractivity contribution in [2.75, 3.05) is 19.5 Å². The number of nitrogens with zero attached hydrogens (tertiary/aromatic N) is 3. The van der Waals surface area contributed by atoms with Crippen LogP contribution in [-0.2, 0) is 0 Å². The van der Waals surface area contributed by atoms with Crippen LogP contribution < -0.4 is 9.47 Å². The van der Waals surface area contributed by atoms with Crippen molar-refractivity contribution in [1.29, 1.82) is 0 Å². The van der Waals surface area contributed by atoms with Gasteiger partial charge >= 0.3 is 0 Å². The fraction of sp³-hybridized carbons (Fsp3) is 0.160. The maximum atomic E-state index is 13.2. The third-order valence-electron chi connectivity index (χ3n) is 4.89. The fourth-order valence-electron chi connectivity index (χ4n) is 3.23. The lowest BCUT2D eigenvalue weighted by Gasteiger charge is -2.12. The van der Waals surface area contributed by atoms with Crippen molar-refractivity contribution in [3.63, 3.8) is 0 Å². The Labute approximate surface area is 195 Å². The van der Waals surface area contributed by atoms with Crippen molar-refractivity contribution in [3.8, 4) is 28.6 Å². The minimum atomic E-state index is -0.376. The molecule has 0 saturated carbocycles. The van der Waals surface area contributed by atoms with Crippen LogP contribution in [0.5, 0.6) is 11.5 Å². The molecule has 3 aromatic carbocycles. The van der Waals surface area contributed by atoms with Gasteiger partial charge in [-0.2, -0.15) is 0 Å². The molecule has 0 amide bonds. The molecule has 1 heterocycles. The van der Waals surface area contributed by atoms with Crippen molar-refractivity contribution < 1.29 is 18.7 Å². The van der Waals surface area contributed by atoms with Crippen molar-refractivity contribution in [2.45, 2.75) is 12.1 Å². The summed E-state index contributed by atoms with van der Waals surface area (Å²) in [5.74, 6) is 1.79. The first-order valence-electron chi connectivity index (χ1n) is 10.3. The molecule has 1 aromatic heterocycles.